The SMILES string of the molecule is CC(SCCCCN)C(=O)Nc1ccccc1Cl. The fourth-order valence-electron chi connectivity index (χ4n) is 1.38. The Morgan fingerprint density at radius 3 is 2.83 bits per heavy atom. The summed E-state index contributed by atoms with van der Waals surface area (Å²) in [6.07, 6.45) is 2.05. The van der Waals surface area contributed by atoms with Crippen LogP contribution in [0.1, 0.15) is 19.8 Å². The fraction of sp³-hybridized carbons (Fsp3) is 0.462. The van der Waals surface area contributed by atoms with E-state index in [-0.39, 0.29) is 11.2 Å². The van der Waals surface area contributed by atoms with E-state index in [1.54, 1.807) is 23.9 Å². The van der Waals surface area contributed by atoms with Crippen molar-refractivity contribution in [2.45, 2.75) is 25.0 Å². The molecule has 3 N–H and O–H groups in total. The molecule has 1 unspecified atom stereocenters. The number of amides is 1. The van der Waals surface area contributed by atoms with Crippen molar-refractivity contribution in [2.24, 2.45) is 5.73 Å². The van der Waals surface area contributed by atoms with Gasteiger partial charge < -0.3 is 11.1 Å². The van der Waals surface area contributed by atoms with Gasteiger partial charge in [0.25, 0.3) is 0 Å². The molecule has 0 bridgehead atoms. The lowest BCUT2D eigenvalue weighted by Gasteiger charge is -2.12. The summed E-state index contributed by atoms with van der Waals surface area (Å²) in [6.45, 7) is 2.61. The minimum absolute atomic E-state index is 0.0131. The minimum atomic E-state index is -0.0842. The average Bonchev–Trinajstić information content (AvgIpc) is 2.37. The van der Waals surface area contributed by atoms with Gasteiger partial charge in [-0.05, 0) is 44.2 Å². The van der Waals surface area contributed by atoms with Crippen molar-refractivity contribution >= 4 is 35.0 Å². The summed E-state index contributed by atoms with van der Waals surface area (Å²) in [5.41, 5.74) is 6.09. The molecule has 0 heterocycles. The van der Waals surface area contributed by atoms with Crippen molar-refractivity contribution in [2.75, 3.05) is 17.6 Å². The van der Waals surface area contributed by atoms with E-state index < -0.39 is 0 Å². The lowest BCUT2D eigenvalue weighted by atomic mass is 10.3. The van der Waals surface area contributed by atoms with Crippen LogP contribution in [0.5, 0.6) is 0 Å². The number of carbonyl (C=O) groups excluding carboxylic acids is 1. The van der Waals surface area contributed by atoms with Gasteiger partial charge in [0.2, 0.25) is 5.91 Å². The van der Waals surface area contributed by atoms with Crippen molar-refractivity contribution in [3.63, 3.8) is 0 Å². The maximum Gasteiger partial charge on any atom is 0.237 e. The molecule has 1 aromatic carbocycles. The van der Waals surface area contributed by atoms with Crippen LogP contribution in [0.4, 0.5) is 5.69 Å². The predicted octanol–water partition coefficient (Wildman–Crippen LogP) is 3.14. The minimum Gasteiger partial charge on any atom is -0.330 e. The number of hydrogen-bond acceptors (Lipinski definition) is 3. The van der Waals surface area contributed by atoms with E-state index in [1.807, 2.05) is 19.1 Å². The molecular formula is C13H19ClN2OS. The molecule has 1 amide bonds. The van der Waals surface area contributed by atoms with Gasteiger partial charge in [-0.1, -0.05) is 23.7 Å². The van der Waals surface area contributed by atoms with Crippen LogP contribution >= 0.6 is 23.4 Å². The van der Waals surface area contributed by atoms with Crippen molar-refractivity contribution in [3.05, 3.63) is 29.3 Å². The number of carbonyl (C=O) groups is 1. The van der Waals surface area contributed by atoms with Crippen LogP contribution in [0, 0.1) is 0 Å². The predicted molar refractivity (Wildman–Crippen MR) is 80.3 cm³/mol. The summed E-state index contributed by atoms with van der Waals surface area (Å²) in [6, 6.07) is 7.24. The molecule has 0 aliphatic rings. The monoisotopic (exact) mass is 286 g/mol. The number of rotatable bonds is 7. The lowest BCUT2D eigenvalue weighted by molar-refractivity contribution is -0.115. The van der Waals surface area contributed by atoms with Crippen LogP contribution < -0.4 is 11.1 Å². The molecule has 100 valence electrons. The number of benzene rings is 1. The Balaban J connectivity index is 2.38. The van der Waals surface area contributed by atoms with Gasteiger partial charge in [-0.2, -0.15) is 0 Å². The molecule has 0 spiro atoms. The average molecular weight is 287 g/mol. The molecule has 3 nitrogen and oxygen atoms in total. The van der Waals surface area contributed by atoms with E-state index >= 15 is 0 Å². The first-order valence-corrected chi connectivity index (χ1v) is 7.45. The largest absolute Gasteiger partial charge is 0.330 e. The van der Waals surface area contributed by atoms with E-state index in [0.717, 1.165) is 18.6 Å². The first-order valence-electron chi connectivity index (χ1n) is 6.02. The van der Waals surface area contributed by atoms with Gasteiger partial charge in [0, 0.05) is 0 Å². The van der Waals surface area contributed by atoms with E-state index in [9.17, 15) is 4.79 Å². The molecule has 5 heteroatoms. The third-order valence-corrected chi connectivity index (χ3v) is 4.04. The number of thioether (sulfide) groups is 1. The quantitative estimate of drug-likeness (QED) is 0.757. The van der Waals surface area contributed by atoms with Gasteiger partial charge >= 0.3 is 0 Å². The first kappa shape index (κ1) is 15.3. The zero-order valence-electron chi connectivity index (χ0n) is 10.5. The van der Waals surface area contributed by atoms with Crippen molar-refractivity contribution in [1.29, 1.82) is 0 Å². The van der Waals surface area contributed by atoms with Gasteiger partial charge in [-0.25, -0.2) is 0 Å². The molecular weight excluding hydrogens is 268 g/mol. The van der Waals surface area contributed by atoms with Crippen LogP contribution in [-0.2, 0) is 4.79 Å². The van der Waals surface area contributed by atoms with Crippen LogP contribution in [0.15, 0.2) is 24.3 Å². The number of unbranched alkanes of at least 4 members (excludes halogenated alkanes) is 1. The van der Waals surface area contributed by atoms with E-state index in [4.69, 9.17) is 17.3 Å². The Kier molecular flexibility index (Phi) is 7.16. The third-order valence-electron chi connectivity index (χ3n) is 2.47. The van der Waals surface area contributed by atoms with Crippen LogP contribution in [-0.4, -0.2) is 23.5 Å². The Bertz CT molecular complexity index is 387. The number of halogens is 1. The molecule has 0 radical (unpaired) electrons. The Labute approximate surface area is 117 Å². The Hall–Kier alpha value is -0.710. The molecule has 0 fully saturated rings. The van der Waals surface area contributed by atoms with Crippen LogP contribution in [0.3, 0.4) is 0 Å². The van der Waals surface area contributed by atoms with Crippen LogP contribution in [0.25, 0.3) is 0 Å². The van der Waals surface area contributed by atoms with Crippen LogP contribution in [0.2, 0.25) is 5.02 Å². The Morgan fingerprint density at radius 1 is 1.44 bits per heavy atom. The molecule has 1 aromatic rings. The summed E-state index contributed by atoms with van der Waals surface area (Å²) < 4.78 is 0. The second-order valence-electron chi connectivity index (χ2n) is 3.98. The standard InChI is InChI=1S/C13H19ClN2OS/c1-10(18-9-5-4-8-15)13(17)16-12-7-3-2-6-11(12)14/h2-3,6-7,10H,4-5,8-9,15H2,1H3,(H,16,17). The number of hydrogen-bond donors (Lipinski definition) is 2. The smallest absolute Gasteiger partial charge is 0.237 e. The van der Waals surface area contributed by atoms with E-state index in [0.29, 0.717) is 17.3 Å². The van der Waals surface area contributed by atoms with Crippen molar-refractivity contribution in [3.8, 4) is 0 Å². The normalized spacial score (nSPS) is 12.2. The highest BCUT2D eigenvalue weighted by molar-refractivity contribution is 8.00. The van der Waals surface area contributed by atoms with E-state index in [1.165, 1.54) is 0 Å². The summed E-state index contributed by atoms with van der Waals surface area (Å²) in [5, 5.41) is 3.31. The highest BCUT2D eigenvalue weighted by Crippen LogP contribution is 2.22. The maximum absolute atomic E-state index is 11.9. The van der Waals surface area contributed by atoms with Gasteiger partial charge in [0.05, 0.1) is 16.0 Å². The van der Waals surface area contributed by atoms with Gasteiger partial charge in [0.15, 0.2) is 0 Å². The van der Waals surface area contributed by atoms with Crippen molar-refractivity contribution < 1.29 is 4.79 Å². The second kappa shape index (κ2) is 8.40. The van der Waals surface area contributed by atoms with Gasteiger partial charge in [-0.3, -0.25) is 4.79 Å². The lowest BCUT2D eigenvalue weighted by Crippen LogP contribution is -2.23. The molecule has 0 aliphatic heterocycles. The fourth-order valence-corrected chi connectivity index (χ4v) is 2.50. The Morgan fingerprint density at radius 2 is 2.17 bits per heavy atom. The second-order valence-corrected chi connectivity index (χ2v) is 5.83. The third kappa shape index (κ3) is 5.29. The number of anilines is 1. The molecule has 18 heavy (non-hydrogen) atoms. The number of nitrogens with two attached hydrogens (primary N) is 1. The molecule has 1 rings (SSSR count). The van der Waals surface area contributed by atoms with Gasteiger partial charge in [0.1, 0.15) is 0 Å². The summed E-state index contributed by atoms with van der Waals surface area (Å²) in [5.74, 6) is 0.940. The number of nitrogens with one attached hydrogen (secondary N) is 1. The molecule has 0 saturated carbocycles. The van der Waals surface area contributed by atoms with Gasteiger partial charge in [-0.15, -0.1) is 11.8 Å². The molecule has 1 atom stereocenters. The van der Waals surface area contributed by atoms with E-state index in [2.05, 4.69) is 5.32 Å². The topological polar surface area (TPSA) is 55.1 Å². The molecule has 0 aliphatic carbocycles. The molecule has 0 aromatic heterocycles. The highest BCUT2D eigenvalue weighted by atomic mass is 35.5. The summed E-state index contributed by atoms with van der Waals surface area (Å²) in [4.78, 5) is 11.9. The maximum atomic E-state index is 11.9. The summed E-state index contributed by atoms with van der Waals surface area (Å²) >= 11 is 7.62. The number of para-hydroxylation sites is 1. The zero-order valence-corrected chi connectivity index (χ0v) is 12.1. The highest BCUT2D eigenvalue weighted by Gasteiger charge is 2.14. The zero-order chi connectivity index (χ0) is 13.4. The van der Waals surface area contributed by atoms with Crippen molar-refractivity contribution in [1.82, 2.24) is 0 Å². The molecule has 0 saturated heterocycles. The first-order chi connectivity index (χ1) is 8.65. The summed E-state index contributed by atoms with van der Waals surface area (Å²) in [7, 11) is 0.